The average Bonchev–Trinajstić information content (AvgIpc) is 3.32. The number of aromatic nitrogens is 2. The molecule has 2 amide bonds. The Balaban J connectivity index is 0.00000324. The number of carbonyl (C=O) groups excluding carboxylic acids is 2. The Morgan fingerprint density at radius 2 is 1.82 bits per heavy atom. The molecule has 8 nitrogen and oxygen atoms in total. The van der Waals surface area contributed by atoms with E-state index in [2.05, 4.69) is 41.8 Å². The van der Waals surface area contributed by atoms with E-state index in [4.69, 9.17) is 4.74 Å². The van der Waals surface area contributed by atoms with Gasteiger partial charge >= 0.3 is 0 Å². The second kappa shape index (κ2) is 12.0. The average molecular weight is 549 g/mol. The maximum atomic E-state index is 12.8. The molecule has 0 saturated carbocycles. The van der Waals surface area contributed by atoms with Gasteiger partial charge in [0.1, 0.15) is 11.4 Å². The highest BCUT2D eigenvalue weighted by Crippen LogP contribution is 2.22. The lowest BCUT2D eigenvalue weighted by Crippen LogP contribution is -2.30. The number of amides is 2. The van der Waals surface area contributed by atoms with Crippen LogP contribution in [0.25, 0.3) is 0 Å². The second-order valence-corrected chi connectivity index (χ2v) is 8.94. The van der Waals surface area contributed by atoms with Crippen molar-refractivity contribution in [1.29, 1.82) is 0 Å². The molecule has 1 aliphatic rings. The Morgan fingerprint density at radius 1 is 1.09 bits per heavy atom. The first-order valence-electron chi connectivity index (χ1n) is 10.9. The molecule has 4 N–H and O–H groups in total. The first-order chi connectivity index (χ1) is 16.0. The smallest absolute Gasteiger partial charge is 0.276 e. The fourth-order valence-corrected chi connectivity index (χ4v) is 4.00. The van der Waals surface area contributed by atoms with E-state index >= 15 is 0 Å². The van der Waals surface area contributed by atoms with Crippen LogP contribution in [0.2, 0.25) is 0 Å². The minimum atomic E-state index is -0.468. The first-order valence-corrected chi connectivity index (χ1v) is 11.6. The third kappa shape index (κ3) is 6.59. The summed E-state index contributed by atoms with van der Waals surface area (Å²) < 4.78 is 6.73. The molecule has 0 aliphatic carbocycles. The monoisotopic (exact) mass is 547 g/mol. The Hall–Kier alpha value is -2.88. The van der Waals surface area contributed by atoms with Gasteiger partial charge in [0, 0.05) is 15.8 Å². The lowest BCUT2D eigenvalue weighted by atomic mass is 9.99. The molecule has 3 aromatic rings. The number of ether oxygens (including phenoxy) is 1. The quantitative estimate of drug-likeness (QED) is 0.340. The molecule has 0 spiro atoms. The normalized spacial score (nSPS) is 13.6. The molecule has 180 valence electrons. The van der Waals surface area contributed by atoms with Gasteiger partial charge in [-0.25, -0.2) is 4.98 Å². The van der Waals surface area contributed by atoms with Crippen LogP contribution in [0.4, 0.5) is 11.4 Å². The summed E-state index contributed by atoms with van der Waals surface area (Å²) in [5.41, 5.74) is 2.25. The van der Waals surface area contributed by atoms with Crippen molar-refractivity contribution in [3.8, 4) is 5.75 Å². The molecule has 0 bridgehead atoms. The van der Waals surface area contributed by atoms with Crippen LogP contribution in [-0.4, -0.2) is 41.5 Å². The van der Waals surface area contributed by atoms with Gasteiger partial charge in [-0.2, -0.15) is 0 Å². The van der Waals surface area contributed by atoms with Gasteiger partial charge in [-0.05, 0) is 80.7 Å². The minimum Gasteiger partial charge on any atom is -0.493 e. The van der Waals surface area contributed by atoms with Gasteiger partial charge in [0.2, 0.25) is 0 Å². The number of halogens is 2. The molecule has 1 aromatic heterocycles. The number of imidazole rings is 1. The van der Waals surface area contributed by atoms with E-state index in [1.54, 1.807) is 18.2 Å². The first kappa shape index (κ1) is 25.7. The number of piperidine rings is 1. The summed E-state index contributed by atoms with van der Waals surface area (Å²) in [4.78, 5) is 32.3. The fourth-order valence-electron chi connectivity index (χ4n) is 3.64. The fraction of sp³-hybridized carbons (Fsp3) is 0.292. The van der Waals surface area contributed by atoms with E-state index in [9.17, 15) is 9.59 Å². The van der Waals surface area contributed by atoms with Crippen LogP contribution in [0, 0.1) is 12.8 Å². The highest BCUT2D eigenvalue weighted by atomic mass is 79.9. The molecule has 4 rings (SSSR count). The van der Waals surface area contributed by atoms with E-state index in [1.165, 1.54) is 6.33 Å². The molecule has 0 radical (unpaired) electrons. The van der Waals surface area contributed by atoms with Crippen molar-refractivity contribution in [1.82, 2.24) is 15.3 Å². The van der Waals surface area contributed by atoms with Crippen molar-refractivity contribution in [3.05, 3.63) is 70.2 Å². The van der Waals surface area contributed by atoms with Crippen LogP contribution in [0.1, 0.15) is 39.4 Å². The summed E-state index contributed by atoms with van der Waals surface area (Å²) in [5.74, 6) is 0.408. The molecule has 1 aliphatic heterocycles. The van der Waals surface area contributed by atoms with Crippen molar-refractivity contribution in [2.45, 2.75) is 19.8 Å². The minimum absolute atomic E-state index is 0. The van der Waals surface area contributed by atoms with Crippen LogP contribution in [0.5, 0.6) is 5.75 Å². The van der Waals surface area contributed by atoms with Gasteiger partial charge in [-0.3, -0.25) is 9.59 Å². The zero-order valence-corrected chi connectivity index (χ0v) is 21.1. The molecule has 0 atom stereocenters. The van der Waals surface area contributed by atoms with Crippen molar-refractivity contribution in [2.24, 2.45) is 5.92 Å². The van der Waals surface area contributed by atoms with E-state index in [1.807, 2.05) is 31.2 Å². The van der Waals surface area contributed by atoms with Gasteiger partial charge in [0.25, 0.3) is 11.8 Å². The lowest BCUT2D eigenvalue weighted by molar-refractivity contribution is 0.0985. The van der Waals surface area contributed by atoms with E-state index in [-0.39, 0.29) is 23.8 Å². The van der Waals surface area contributed by atoms with Crippen LogP contribution in [0.3, 0.4) is 0 Å². The largest absolute Gasteiger partial charge is 0.493 e. The van der Waals surface area contributed by atoms with Gasteiger partial charge in [-0.1, -0.05) is 22.0 Å². The number of nitrogens with zero attached hydrogens (tertiary/aromatic N) is 1. The Kier molecular flexibility index (Phi) is 9.09. The van der Waals surface area contributed by atoms with Crippen molar-refractivity contribution < 1.29 is 14.3 Å². The molecular weight excluding hydrogens is 522 g/mol. The number of nitrogens with one attached hydrogen (secondary N) is 4. The SMILES string of the molecule is Cc1ccc(Br)cc1NC(=O)c1nc[nH]c1C(=O)Nc1ccc(OCC2CCNCC2)cc1.Cl. The summed E-state index contributed by atoms with van der Waals surface area (Å²) in [6, 6.07) is 12.8. The predicted octanol–water partition coefficient (Wildman–Crippen LogP) is 4.79. The molecule has 2 heterocycles. The van der Waals surface area contributed by atoms with Gasteiger partial charge in [-0.15, -0.1) is 12.4 Å². The number of rotatable bonds is 7. The third-order valence-electron chi connectivity index (χ3n) is 5.59. The number of hydrogen-bond acceptors (Lipinski definition) is 5. The molecule has 34 heavy (non-hydrogen) atoms. The Bertz CT molecular complexity index is 1130. The number of hydrogen-bond donors (Lipinski definition) is 4. The summed E-state index contributed by atoms with van der Waals surface area (Å²) >= 11 is 3.40. The number of anilines is 2. The zero-order chi connectivity index (χ0) is 23.2. The molecule has 2 aromatic carbocycles. The van der Waals surface area contributed by atoms with Crippen LogP contribution >= 0.6 is 28.3 Å². The lowest BCUT2D eigenvalue weighted by Gasteiger charge is -2.22. The maximum Gasteiger partial charge on any atom is 0.276 e. The molecule has 10 heteroatoms. The van der Waals surface area contributed by atoms with Gasteiger partial charge in [0.15, 0.2) is 5.69 Å². The zero-order valence-electron chi connectivity index (χ0n) is 18.7. The molecule has 1 saturated heterocycles. The maximum absolute atomic E-state index is 12.8. The molecular formula is C24H27BrClN5O3. The highest BCUT2D eigenvalue weighted by molar-refractivity contribution is 9.10. The second-order valence-electron chi connectivity index (χ2n) is 8.02. The number of benzene rings is 2. The number of carbonyl (C=O) groups is 2. The molecule has 1 fully saturated rings. The van der Waals surface area contributed by atoms with Crippen LogP contribution < -0.4 is 20.7 Å². The predicted molar refractivity (Wildman–Crippen MR) is 138 cm³/mol. The summed E-state index contributed by atoms with van der Waals surface area (Å²) in [6.07, 6.45) is 3.57. The highest BCUT2D eigenvalue weighted by Gasteiger charge is 2.21. The summed E-state index contributed by atoms with van der Waals surface area (Å²) in [6.45, 7) is 4.65. The Morgan fingerprint density at radius 3 is 2.56 bits per heavy atom. The van der Waals surface area contributed by atoms with E-state index < -0.39 is 11.8 Å². The molecule has 0 unspecified atom stereocenters. The standard InChI is InChI=1S/C24H26BrN5O3.ClH/c1-15-2-3-17(25)12-20(15)30-24(32)22-21(27-14-28-22)23(31)29-18-4-6-19(7-5-18)33-13-16-8-10-26-11-9-16;/h2-7,12,14,16,26H,8-11,13H2,1H3,(H,27,28)(H,29,31)(H,30,32);1H. The van der Waals surface area contributed by atoms with Crippen molar-refractivity contribution in [3.63, 3.8) is 0 Å². The summed E-state index contributed by atoms with van der Waals surface area (Å²) in [7, 11) is 0. The Labute approximate surface area is 212 Å². The number of H-pyrrole nitrogens is 1. The number of aromatic amines is 1. The van der Waals surface area contributed by atoms with E-state index in [0.717, 1.165) is 41.7 Å². The van der Waals surface area contributed by atoms with Crippen molar-refractivity contribution >= 4 is 51.5 Å². The van der Waals surface area contributed by atoms with Gasteiger partial charge in [0.05, 0.1) is 12.9 Å². The van der Waals surface area contributed by atoms with E-state index in [0.29, 0.717) is 23.9 Å². The van der Waals surface area contributed by atoms with Crippen LogP contribution in [0.15, 0.2) is 53.3 Å². The number of aryl methyl sites for hydroxylation is 1. The van der Waals surface area contributed by atoms with Crippen molar-refractivity contribution in [2.75, 3.05) is 30.3 Å². The topological polar surface area (TPSA) is 108 Å². The summed E-state index contributed by atoms with van der Waals surface area (Å²) in [5, 5.41) is 8.95. The van der Waals surface area contributed by atoms with Gasteiger partial charge < -0.3 is 25.7 Å². The van der Waals surface area contributed by atoms with Crippen LogP contribution in [-0.2, 0) is 0 Å². The third-order valence-corrected chi connectivity index (χ3v) is 6.08.